The average molecular weight is 333 g/mol. The third-order valence-electron chi connectivity index (χ3n) is 3.25. The van der Waals surface area contributed by atoms with Crippen molar-refractivity contribution in [2.45, 2.75) is 19.8 Å². The van der Waals surface area contributed by atoms with Gasteiger partial charge in [-0.25, -0.2) is 0 Å². The highest BCUT2D eigenvalue weighted by molar-refractivity contribution is 9.10. The van der Waals surface area contributed by atoms with Crippen molar-refractivity contribution in [3.05, 3.63) is 63.6 Å². The molecule has 2 rings (SSSR count). The molecule has 0 N–H and O–H groups in total. The van der Waals surface area contributed by atoms with Gasteiger partial charge in [-0.15, -0.1) is 0 Å². The third-order valence-corrected chi connectivity index (χ3v) is 3.87. The molecule has 0 fully saturated rings. The highest BCUT2D eigenvalue weighted by Crippen LogP contribution is 2.26. The van der Waals surface area contributed by atoms with E-state index in [0.717, 1.165) is 10.2 Å². The second-order valence-electron chi connectivity index (χ2n) is 4.96. The van der Waals surface area contributed by atoms with Crippen molar-refractivity contribution in [3.8, 4) is 5.75 Å². The topological polar surface area (TPSA) is 26.3 Å². The smallest absolute Gasteiger partial charge is 0.193 e. The monoisotopic (exact) mass is 332 g/mol. The maximum absolute atomic E-state index is 12.4. The van der Waals surface area contributed by atoms with Crippen LogP contribution in [0.15, 0.2) is 46.9 Å². The van der Waals surface area contributed by atoms with Crippen LogP contribution in [0.4, 0.5) is 0 Å². The van der Waals surface area contributed by atoms with Gasteiger partial charge in [-0.1, -0.05) is 38.1 Å². The summed E-state index contributed by atoms with van der Waals surface area (Å²) in [5, 5.41) is 0. The highest BCUT2D eigenvalue weighted by atomic mass is 79.9. The molecule has 0 aromatic heterocycles. The zero-order valence-electron chi connectivity index (χ0n) is 11.8. The van der Waals surface area contributed by atoms with Crippen LogP contribution in [0.5, 0.6) is 5.75 Å². The first-order valence-electron chi connectivity index (χ1n) is 6.51. The van der Waals surface area contributed by atoms with Crippen molar-refractivity contribution >= 4 is 21.7 Å². The molecule has 0 aliphatic heterocycles. The van der Waals surface area contributed by atoms with E-state index in [9.17, 15) is 4.79 Å². The molecule has 104 valence electrons. The maximum Gasteiger partial charge on any atom is 0.193 e. The number of hydrogen-bond donors (Lipinski definition) is 0. The number of rotatable bonds is 4. The molecule has 0 saturated carbocycles. The van der Waals surface area contributed by atoms with E-state index in [1.54, 1.807) is 25.3 Å². The molecular formula is C17H17BrO2. The van der Waals surface area contributed by atoms with Crippen LogP contribution in [0.3, 0.4) is 0 Å². The minimum absolute atomic E-state index is 0.0173. The molecule has 0 radical (unpaired) electrons. The number of ketones is 1. The van der Waals surface area contributed by atoms with Gasteiger partial charge in [-0.3, -0.25) is 4.79 Å². The van der Waals surface area contributed by atoms with Gasteiger partial charge < -0.3 is 4.74 Å². The summed E-state index contributed by atoms with van der Waals surface area (Å²) < 4.78 is 5.95. The van der Waals surface area contributed by atoms with Crippen LogP contribution in [0.25, 0.3) is 0 Å². The fourth-order valence-electron chi connectivity index (χ4n) is 1.99. The number of hydrogen-bond acceptors (Lipinski definition) is 2. The normalized spacial score (nSPS) is 10.7. The molecule has 2 aromatic rings. The Morgan fingerprint density at radius 3 is 2.15 bits per heavy atom. The number of carbonyl (C=O) groups excluding carboxylic acids is 1. The zero-order chi connectivity index (χ0) is 14.7. The van der Waals surface area contributed by atoms with Gasteiger partial charge in [-0.05, 0) is 45.6 Å². The Hall–Kier alpha value is -1.61. The lowest BCUT2D eigenvalue weighted by molar-refractivity contribution is 0.103. The Morgan fingerprint density at radius 1 is 1.05 bits per heavy atom. The van der Waals surface area contributed by atoms with Crippen LogP contribution in [0.2, 0.25) is 0 Å². The van der Waals surface area contributed by atoms with Crippen LogP contribution in [0.1, 0.15) is 41.3 Å². The Labute approximate surface area is 127 Å². The molecule has 2 aromatic carbocycles. The molecule has 2 nitrogen and oxygen atoms in total. The Morgan fingerprint density at radius 2 is 1.65 bits per heavy atom. The molecular weight excluding hydrogens is 316 g/mol. The second-order valence-corrected chi connectivity index (χ2v) is 5.81. The molecule has 0 spiro atoms. The Balaban J connectivity index is 2.29. The first-order valence-corrected chi connectivity index (χ1v) is 7.30. The van der Waals surface area contributed by atoms with Crippen LogP contribution in [-0.4, -0.2) is 12.9 Å². The average Bonchev–Trinajstić information content (AvgIpc) is 2.46. The molecule has 0 atom stereocenters. The van der Waals surface area contributed by atoms with E-state index < -0.39 is 0 Å². The van der Waals surface area contributed by atoms with E-state index >= 15 is 0 Å². The molecule has 0 bridgehead atoms. The minimum atomic E-state index is 0.0173. The van der Waals surface area contributed by atoms with E-state index in [1.165, 1.54) is 5.56 Å². The quantitative estimate of drug-likeness (QED) is 0.751. The molecule has 0 aliphatic rings. The predicted octanol–water partition coefficient (Wildman–Crippen LogP) is 4.81. The van der Waals surface area contributed by atoms with Crippen molar-refractivity contribution in [2.24, 2.45) is 0 Å². The van der Waals surface area contributed by atoms with Crippen molar-refractivity contribution in [3.63, 3.8) is 0 Å². The van der Waals surface area contributed by atoms with Crippen molar-refractivity contribution in [1.82, 2.24) is 0 Å². The van der Waals surface area contributed by atoms with Gasteiger partial charge in [0.2, 0.25) is 0 Å². The molecule has 0 heterocycles. The second kappa shape index (κ2) is 6.23. The van der Waals surface area contributed by atoms with Gasteiger partial charge in [0.15, 0.2) is 5.78 Å². The number of benzene rings is 2. The lowest BCUT2D eigenvalue weighted by Gasteiger charge is -2.08. The first-order chi connectivity index (χ1) is 9.52. The molecule has 20 heavy (non-hydrogen) atoms. The SMILES string of the molecule is COc1ccc(C(=O)c2ccc(C(C)C)cc2)cc1Br. The summed E-state index contributed by atoms with van der Waals surface area (Å²) >= 11 is 3.40. The fourth-order valence-corrected chi connectivity index (χ4v) is 2.53. The van der Waals surface area contributed by atoms with Crippen LogP contribution in [0, 0.1) is 0 Å². The summed E-state index contributed by atoms with van der Waals surface area (Å²) in [5.41, 5.74) is 2.58. The van der Waals surface area contributed by atoms with Gasteiger partial charge in [0.1, 0.15) is 5.75 Å². The van der Waals surface area contributed by atoms with Crippen molar-refractivity contribution in [2.75, 3.05) is 7.11 Å². The zero-order valence-corrected chi connectivity index (χ0v) is 13.4. The van der Waals surface area contributed by atoms with Gasteiger partial charge in [0.05, 0.1) is 11.6 Å². The van der Waals surface area contributed by atoms with E-state index in [0.29, 0.717) is 17.0 Å². The Kier molecular flexibility index (Phi) is 4.61. The van der Waals surface area contributed by atoms with Gasteiger partial charge >= 0.3 is 0 Å². The summed E-state index contributed by atoms with van der Waals surface area (Å²) in [6.07, 6.45) is 0. The largest absolute Gasteiger partial charge is 0.496 e. The molecule has 0 amide bonds. The van der Waals surface area contributed by atoms with Crippen LogP contribution < -0.4 is 4.74 Å². The summed E-state index contributed by atoms with van der Waals surface area (Å²) in [5.74, 6) is 1.20. The first kappa shape index (κ1) is 14.8. The van der Waals surface area contributed by atoms with Crippen molar-refractivity contribution in [1.29, 1.82) is 0 Å². The van der Waals surface area contributed by atoms with Crippen molar-refractivity contribution < 1.29 is 9.53 Å². The third kappa shape index (κ3) is 3.10. The maximum atomic E-state index is 12.4. The number of halogens is 1. The van der Waals surface area contributed by atoms with Gasteiger partial charge in [-0.2, -0.15) is 0 Å². The molecule has 3 heteroatoms. The van der Waals surface area contributed by atoms with E-state index in [2.05, 4.69) is 29.8 Å². The van der Waals surface area contributed by atoms with Gasteiger partial charge in [0, 0.05) is 11.1 Å². The van der Waals surface area contributed by atoms with E-state index in [-0.39, 0.29) is 5.78 Å². The van der Waals surface area contributed by atoms with E-state index in [1.807, 2.05) is 24.3 Å². The summed E-state index contributed by atoms with van der Waals surface area (Å²) in [7, 11) is 1.60. The summed E-state index contributed by atoms with van der Waals surface area (Å²) in [4.78, 5) is 12.4. The lowest BCUT2D eigenvalue weighted by Crippen LogP contribution is -2.02. The summed E-state index contributed by atoms with van der Waals surface area (Å²) in [6, 6.07) is 13.2. The van der Waals surface area contributed by atoms with Crippen LogP contribution >= 0.6 is 15.9 Å². The fraction of sp³-hybridized carbons (Fsp3) is 0.235. The lowest BCUT2D eigenvalue weighted by atomic mass is 9.98. The highest BCUT2D eigenvalue weighted by Gasteiger charge is 2.11. The standard InChI is InChI=1S/C17H17BrO2/c1-11(2)12-4-6-13(7-5-12)17(19)14-8-9-16(20-3)15(18)10-14/h4-11H,1-3H3. The minimum Gasteiger partial charge on any atom is -0.496 e. The summed E-state index contributed by atoms with van der Waals surface area (Å²) in [6.45, 7) is 4.27. The Bertz CT molecular complexity index is 615. The molecule has 0 unspecified atom stereocenters. The van der Waals surface area contributed by atoms with E-state index in [4.69, 9.17) is 4.74 Å². The predicted molar refractivity (Wildman–Crippen MR) is 84.7 cm³/mol. The number of carbonyl (C=O) groups is 1. The molecule has 0 saturated heterocycles. The number of methoxy groups -OCH3 is 1. The van der Waals surface area contributed by atoms with Gasteiger partial charge in [0.25, 0.3) is 0 Å². The number of ether oxygens (including phenoxy) is 1. The molecule has 0 aliphatic carbocycles. The van der Waals surface area contributed by atoms with Crippen LogP contribution in [-0.2, 0) is 0 Å².